The highest BCUT2D eigenvalue weighted by Gasteiger charge is 2.18. The van der Waals surface area contributed by atoms with E-state index in [1.54, 1.807) is 23.7 Å². The summed E-state index contributed by atoms with van der Waals surface area (Å²) in [7, 11) is -3.69. The molecule has 170 valence electrons. The van der Waals surface area contributed by atoms with E-state index < -0.39 is 10.0 Å². The van der Waals surface area contributed by atoms with Gasteiger partial charge in [-0.25, -0.2) is 27.8 Å². The third kappa shape index (κ3) is 5.00. The van der Waals surface area contributed by atoms with Gasteiger partial charge in [-0.1, -0.05) is 0 Å². The molecule has 4 rings (SSSR count). The first-order valence-electron chi connectivity index (χ1n) is 10.3. The van der Waals surface area contributed by atoms with Gasteiger partial charge in [-0.2, -0.15) is 5.10 Å². The molecule has 2 N–H and O–H groups in total. The molecule has 11 heteroatoms. The zero-order valence-electron chi connectivity index (χ0n) is 18.3. The van der Waals surface area contributed by atoms with Crippen molar-refractivity contribution in [3.05, 3.63) is 47.5 Å². The number of aryl methyl sites for hydroxylation is 3. The number of fused-ring (bicyclic) bond motifs is 1. The molecule has 0 aliphatic carbocycles. The first kappa shape index (κ1) is 22.0. The molecule has 0 atom stereocenters. The lowest BCUT2D eigenvalue weighted by Crippen LogP contribution is -2.29. The van der Waals surface area contributed by atoms with E-state index in [9.17, 15) is 8.42 Å². The number of hydrogen-bond donors (Lipinski definition) is 2. The van der Waals surface area contributed by atoms with Crippen molar-refractivity contribution in [2.24, 2.45) is 0 Å². The predicted molar refractivity (Wildman–Crippen MR) is 119 cm³/mol. The Balaban J connectivity index is 1.39. The average molecular weight is 459 g/mol. The Morgan fingerprint density at radius 3 is 2.53 bits per heavy atom. The number of ether oxygens (including phenoxy) is 2. The highest BCUT2D eigenvalue weighted by Crippen LogP contribution is 2.31. The second kappa shape index (κ2) is 9.13. The van der Waals surface area contributed by atoms with E-state index in [0.29, 0.717) is 48.7 Å². The van der Waals surface area contributed by atoms with Crippen LogP contribution in [0.2, 0.25) is 0 Å². The second-order valence-corrected chi connectivity index (χ2v) is 9.25. The third-order valence-corrected chi connectivity index (χ3v) is 6.26. The van der Waals surface area contributed by atoms with Crippen molar-refractivity contribution in [2.45, 2.75) is 32.1 Å². The van der Waals surface area contributed by atoms with Gasteiger partial charge in [0.15, 0.2) is 17.3 Å². The number of benzene rings is 1. The molecule has 3 aromatic rings. The largest absolute Gasteiger partial charge is 0.490 e. The molecule has 0 saturated heterocycles. The maximum absolute atomic E-state index is 12.7. The molecule has 3 heterocycles. The number of rotatable bonds is 7. The van der Waals surface area contributed by atoms with Crippen LogP contribution in [0.4, 0.5) is 5.82 Å². The molecule has 0 spiro atoms. The number of aromatic nitrogens is 4. The molecule has 0 saturated carbocycles. The van der Waals surface area contributed by atoms with Gasteiger partial charge in [-0.05, 0) is 39.0 Å². The molecular weight excluding hydrogens is 432 g/mol. The van der Waals surface area contributed by atoms with Crippen LogP contribution in [0, 0.1) is 20.8 Å². The number of hydrogen-bond acceptors (Lipinski definition) is 8. The van der Waals surface area contributed by atoms with E-state index in [0.717, 1.165) is 17.8 Å². The molecule has 1 aliphatic rings. The summed E-state index contributed by atoms with van der Waals surface area (Å²) in [5.74, 6) is 2.83. The van der Waals surface area contributed by atoms with Crippen LogP contribution in [-0.2, 0) is 10.0 Å². The Morgan fingerprint density at radius 1 is 1.00 bits per heavy atom. The quantitative estimate of drug-likeness (QED) is 0.517. The molecule has 0 radical (unpaired) electrons. The minimum atomic E-state index is -3.69. The Bertz CT molecular complexity index is 1230. The van der Waals surface area contributed by atoms with Crippen molar-refractivity contribution in [3.8, 4) is 17.3 Å². The molecule has 2 aromatic heterocycles. The van der Waals surface area contributed by atoms with Crippen LogP contribution in [0.15, 0.2) is 35.2 Å². The minimum absolute atomic E-state index is 0.131. The molecule has 10 nitrogen and oxygen atoms in total. The van der Waals surface area contributed by atoms with Crippen molar-refractivity contribution in [2.75, 3.05) is 31.6 Å². The SMILES string of the molecule is Cc1cc(C)n(-c2cc(NCCNS(=O)(=O)c3ccc4c(c3)OCCCO4)nc(C)n2)n1. The summed E-state index contributed by atoms with van der Waals surface area (Å²) in [4.78, 5) is 8.95. The summed E-state index contributed by atoms with van der Waals surface area (Å²) >= 11 is 0. The lowest BCUT2D eigenvalue weighted by molar-refractivity contribution is 0.297. The molecule has 1 aliphatic heterocycles. The molecule has 0 unspecified atom stereocenters. The van der Waals surface area contributed by atoms with Crippen molar-refractivity contribution < 1.29 is 17.9 Å². The van der Waals surface area contributed by atoms with E-state index in [4.69, 9.17) is 9.47 Å². The first-order chi connectivity index (χ1) is 15.3. The van der Waals surface area contributed by atoms with Gasteiger partial charge in [-0.3, -0.25) is 0 Å². The second-order valence-electron chi connectivity index (χ2n) is 7.48. The Kier molecular flexibility index (Phi) is 6.28. The zero-order valence-corrected chi connectivity index (χ0v) is 19.1. The maximum atomic E-state index is 12.7. The highest BCUT2D eigenvalue weighted by molar-refractivity contribution is 7.89. The Hall–Kier alpha value is -3.18. The van der Waals surface area contributed by atoms with Crippen LogP contribution in [0.25, 0.3) is 5.82 Å². The molecule has 32 heavy (non-hydrogen) atoms. The van der Waals surface area contributed by atoms with Gasteiger partial charge >= 0.3 is 0 Å². The van der Waals surface area contributed by atoms with Gasteiger partial charge in [-0.15, -0.1) is 0 Å². The fraction of sp³-hybridized carbons (Fsp3) is 0.381. The van der Waals surface area contributed by atoms with Crippen molar-refractivity contribution >= 4 is 15.8 Å². The fourth-order valence-corrected chi connectivity index (χ4v) is 4.43. The predicted octanol–water partition coefficient (Wildman–Crippen LogP) is 2.14. The maximum Gasteiger partial charge on any atom is 0.240 e. The van der Waals surface area contributed by atoms with Crippen molar-refractivity contribution in [3.63, 3.8) is 0 Å². The average Bonchev–Trinajstić information content (AvgIpc) is 2.94. The summed E-state index contributed by atoms with van der Waals surface area (Å²) in [6, 6.07) is 8.38. The summed E-state index contributed by atoms with van der Waals surface area (Å²) in [6.45, 7) is 7.24. The molecule has 0 amide bonds. The fourth-order valence-electron chi connectivity index (χ4n) is 3.38. The molecule has 0 fully saturated rings. The highest BCUT2D eigenvalue weighted by atomic mass is 32.2. The molecule has 0 bridgehead atoms. The van der Waals surface area contributed by atoms with E-state index in [1.165, 1.54) is 12.1 Å². The van der Waals surface area contributed by atoms with Crippen LogP contribution in [0.1, 0.15) is 23.6 Å². The van der Waals surface area contributed by atoms with E-state index >= 15 is 0 Å². The standard InChI is InChI=1S/C21H26N6O4S/c1-14-11-15(2)27(26-14)21-13-20(24-16(3)25-21)22-7-8-23-32(28,29)17-5-6-18-19(12-17)31-10-4-9-30-18/h5-6,11-13,23H,4,7-10H2,1-3H3,(H,22,24,25). The summed E-state index contributed by atoms with van der Waals surface area (Å²) in [5.41, 5.74) is 1.87. The summed E-state index contributed by atoms with van der Waals surface area (Å²) in [6.07, 6.45) is 0.754. The van der Waals surface area contributed by atoms with Gasteiger partial charge in [0.25, 0.3) is 0 Å². The van der Waals surface area contributed by atoms with E-state index in [1.807, 2.05) is 19.9 Å². The topological polar surface area (TPSA) is 120 Å². The van der Waals surface area contributed by atoms with Gasteiger partial charge < -0.3 is 14.8 Å². The van der Waals surface area contributed by atoms with Crippen molar-refractivity contribution in [1.82, 2.24) is 24.5 Å². The Morgan fingerprint density at radius 2 is 1.78 bits per heavy atom. The van der Waals surface area contributed by atoms with Crippen LogP contribution in [0.5, 0.6) is 11.5 Å². The molecule has 1 aromatic carbocycles. The van der Waals surface area contributed by atoms with Crippen LogP contribution < -0.4 is 19.5 Å². The lowest BCUT2D eigenvalue weighted by atomic mass is 10.3. The first-order valence-corrected chi connectivity index (χ1v) is 11.8. The van der Waals surface area contributed by atoms with Gasteiger partial charge in [0.2, 0.25) is 10.0 Å². The summed E-state index contributed by atoms with van der Waals surface area (Å²) in [5, 5.41) is 7.59. The number of sulfonamides is 1. The third-order valence-electron chi connectivity index (χ3n) is 4.80. The van der Waals surface area contributed by atoms with Gasteiger partial charge in [0, 0.05) is 37.3 Å². The van der Waals surface area contributed by atoms with Crippen LogP contribution >= 0.6 is 0 Å². The number of anilines is 1. The van der Waals surface area contributed by atoms with Crippen LogP contribution in [-0.4, -0.2) is 54.5 Å². The van der Waals surface area contributed by atoms with E-state index in [-0.39, 0.29) is 11.4 Å². The lowest BCUT2D eigenvalue weighted by Gasteiger charge is -2.12. The Labute approximate surface area is 187 Å². The van der Waals surface area contributed by atoms with E-state index in [2.05, 4.69) is 25.1 Å². The van der Waals surface area contributed by atoms with Gasteiger partial charge in [0.05, 0.1) is 23.8 Å². The monoisotopic (exact) mass is 458 g/mol. The smallest absolute Gasteiger partial charge is 0.240 e. The number of nitrogens with one attached hydrogen (secondary N) is 2. The molecular formula is C21H26N6O4S. The van der Waals surface area contributed by atoms with Crippen molar-refractivity contribution in [1.29, 1.82) is 0 Å². The van der Waals surface area contributed by atoms with Gasteiger partial charge in [0.1, 0.15) is 11.6 Å². The zero-order chi connectivity index (χ0) is 22.7. The number of nitrogens with zero attached hydrogens (tertiary/aromatic N) is 4. The summed E-state index contributed by atoms with van der Waals surface area (Å²) < 4.78 is 40.8. The normalized spacial score (nSPS) is 13.6. The van der Waals surface area contributed by atoms with Crippen LogP contribution in [0.3, 0.4) is 0 Å². The minimum Gasteiger partial charge on any atom is -0.490 e.